The molecular formula is C32H40Br2N6O4. The van der Waals surface area contributed by atoms with Crippen molar-refractivity contribution < 1.29 is 14.7 Å². The Morgan fingerprint density at radius 3 is 2.20 bits per heavy atom. The molecule has 44 heavy (non-hydrogen) atoms. The Morgan fingerprint density at radius 2 is 1.52 bits per heavy atom. The van der Waals surface area contributed by atoms with Crippen LogP contribution in [0.25, 0.3) is 11.0 Å². The number of phenolic OH excluding ortho intramolecular Hbond substituents is 1. The molecule has 3 amide bonds. The number of aromatic amines is 1. The van der Waals surface area contributed by atoms with Crippen LogP contribution in [0.15, 0.2) is 50.1 Å². The summed E-state index contributed by atoms with van der Waals surface area (Å²) in [4.78, 5) is 46.9. The van der Waals surface area contributed by atoms with Crippen LogP contribution in [0.5, 0.6) is 5.75 Å². The molecule has 0 saturated carbocycles. The van der Waals surface area contributed by atoms with Gasteiger partial charge in [0.25, 0.3) is 0 Å². The Morgan fingerprint density at radius 1 is 0.909 bits per heavy atom. The number of carbonyl (C=O) groups excluding carboxylic acids is 2. The van der Waals surface area contributed by atoms with Crippen LogP contribution in [0.3, 0.4) is 0 Å². The lowest BCUT2D eigenvalue weighted by Gasteiger charge is -2.39. The average Bonchev–Trinajstić information content (AvgIpc) is 3.39. The van der Waals surface area contributed by atoms with Crippen molar-refractivity contribution in [2.24, 2.45) is 11.8 Å². The van der Waals surface area contributed by atoms with E-state index in [0.29, 0.717) is 60.3 Å². The number of hydrogen-bond donors (Lipinski definition) is 4. The highest BCUT2D eigenvalue weighted by atomic mass is 79.9. The Labute approximate surface area is 273 Å². The molecular weight excluding hydrogens is 692 g/mol. The Balaban J connectivity index is 1.13. The maximum absolute atomic E-state index is 14.0. The molecule has 3 aliphatic heterocycles. The molecule has 3 aliphatic rings. The summed E-state index contributed by atoms with van der Waals surface area (Å²) in [5, 5.41) is 16.7. The van der Waals surface area contributed by atoms with E-state index in [1.807, 2.05) is 33.7 Å². The van der Waals surface area contributed by atoms with Crippen LogP contribution in [0.2, 0.25) is 0 Å². The van der Waals surface area contributed by atoms with Gasteiger partial charge in [-0.2, -0.15) is 0 Å². The second-order valence-corrected chi connectivity index (χ2v) is 14.1. The third kappa shape index (κ3) is 6.72. The van der Waals surface area contributed by atoms with E-state index >= 15 is 0 Å². The van der Waals surface area contributed by atoms with E-state index in [-0.39, 0.29) is 29.4 Å². The quantitative estimate of drug-likeness (QED) is 0.292. The lowest BCUT2D eigenvalue weighted by atomic mass is 9.79. The molecule has 0 bridgehead atoms. The number of aromatic hydroxyl groups is 1. The maximum Gasteiger partial charge on any atom is 0.326 e. The average molecular weight is 733 g/mol. The molecule has 3 aromatic rings. The van der Waals surface area contributed by atoms with Gasteiger partial charge in [-0.15, -0.1) is 0 Å². The van der Waals surface area contributed by atoms with Crippen LogP contribution in [0, 0.1) is 11.8 Å². The molecule has 3 fully saturated rings. The highest BCUT2D eigenvalue weighted by molar-refractivity contribution is 9.11. The first-order chi connectivity index (χ1) is 21.3. The van der Waals surface area contributed by atoms with Gasteiger partial charge in [-0.1, -0.05) is 12.1 Å². The second kappa shape index (κ2) is 13.7. The van der Waals surface area contributed by atoms with Crippen molar-refractivity contribution in [3.8, 4) is 5.75 Å². The lowest BCUT2D eigenvalue weighted by molar-refractivity contribution is -0.135. The summed E-state index contributed by atoms with van der Waals surface area (Å²) >= 11 is 6.80. The molecule has 6 rings (SSSR count). The summed E-state index contributed by atoms with van der Waals surface area (Å²) in [6.45, 7) is 4.53. The van der Waals surface area contributed by atoms with Crippen LogP contribution in [0.1, 0.15) is 50.1 Å². The molecule has 1 atom stereocenters. The number of benzene rings is 2. The molecule has 12 heteroatoms. The Hall–Kier alpha value is -2.83. The van der Waals surface area contributed by atoms with Gasteiger partial charge >= 0.3 is 11.7 Å². The van der Waals surface area contributed by atoms with Gasteiger partial charge in [0.15, 0.2) is 0 Å². The zero-order valence-corrected chi connectivity index (χ0v) is 27.9. The molecule has 2 aromatic carbocycles. The van der Waals surface area contributed by atoms with Crippen molar-refractivity contribution >= 4 is 54.8 Å². The Kier molecular flexibility index (Phi) is 9.68. The van der Waals surface area contributed by atoms with Crippen molar-refractivity contribution in [3.63, 3.8) is 0 Å². The standard InChI is InChI=1S/C32H40Br2N6O4/c33-24-17-20(18-25(34)29(24)41)19-27(30(42)38-13-7-22(8-14-38)21-5-11-35-12-6-21)37-31(43)39-15-9-23(10-16-39)40-28-4-2-1-3-26(28)36-32(40)44/h1-4,17-18,21-23,27,35,41H,5-16,19H2,(H,36,44)(H,37,43)/t27-/m1/s1. The van der Waals surface area contributed by atoms with Crippen molar-refractivity contribution in [2.75, 3.05) is 39.3 Å². The van der Waals surface area contributed by atoms with Crippen molar-refractivity contribution in [1.82, 2.24) is 30.0 Å². The van der Waals surface area contributed by atoms with Crippen molar-refractivity contribution in [3.05, 3.63) is 61.4 Å². The summed E-state index contributed by atoms with van der Waals surface area (Å²) in [5.41, 5.74) is 2.38. The molecule has 0 unspecified atom stereocenters. The fourth-order valence-corrected chi connectivity index (χ4v) is 8.58. The van der Waals surface area contributed by atoms with E-state index in [9.17, 15) is 19.5 Å². The normalized spacial score (nSPS) is 19.8. The zero-order valence-electron chi connectivity index (χ0n) is 24.7. The molecule has 236 valence electrons. The van der Waals surface area contributed by atoms with Crippen LogP contribution in [-0.4, -0.2) is 81.7 Å². The molecule has 0 spiro atoms. The number of urea groups is 1. The monoisotopic (exact) mass is 730 g/mol. The van der Waals surface area contributed by atoms with E-state index < -0.39 is 6.04 Å². The number of nitrogens with one attached hydrogen (secondary N) is 3. The largest absolute Gasteiger partial charge is 0.506 e. The van der Waals surface area contributed by atoms with Gasteiger partial charge in [-0.25, -0.2) is 9.59 Å². The second-order valence-electron chi connectivity index (χ2n) is 12.4. The lowest BCUT2D eigenvalue weighted by Crippen LogP contribution is -2.55. The number of aromatic nitrogens is 2. The number of hydrogen-bond acceptors (Lipinski definition) is 5. The predicted molar refractivity (Wildman–Crippen MR) is 177 cm³/mol. The number of amides is 3. The van der Waals surface area contributed by atoms with E-state index in [4.69, 9.17) is 0 Å². The smallest absolute Gasteiger partial charge is 0.326 e. The zero-order chi connectivity index (χ0) is 30.8. The molecule has 3 saturated heterocycles. The topological polar surface area (TPSA) is 123 Å². The highest BCUT2D eigenvalue weighted by Crippen LogP contribution is 2.34. The first-order valence-corrected chi connectivity index (χ1v) is 17.3. The van der Waals surface area contributed by atoms with Gasteiger partial charge in [0.1, 0.15) is 11.8 Å². The summed E-state index contributed by atoms with van der Waals surface area (Å²) in [6.07, 6.45) is 5.99. The number of nitrogens with zero attached hydrogens (tertiary/aromatic N) is 3. The number of H-pyrrole nitrogens is 1. The number of carbonyl (C=O) groups is 2. The number of piperidine rings is 3. The summed E-state index contributed by atoms with van der Waals surface area (Å²) in [7, 11) is 0. The van der Waals surface area contributed by atoms with Gasteiger partial charge in [0.05, 0.1) is 20.0 Å². The van der Waals surface area contributed by atoms with E-state index in [1.165, 1.54) is 12.8 Å². The van der Waals surface area contributed by atoms with Crippen LogP contribution in [0.4, 0.5) is 4.79 Å². The minimum atomic E-state index is -0.741. The van der Waals surface area contributed by atoms with Gasteiger partial charge < -0.3 is 30.5 Å². The van der Waals surface area contributed by atoms with Gasteiger partial charge in [-0.3, -0.25) is 9.36 Å². The van der Waals surface area contributed by atoms with Crippen molar-refractivity contribution in [2.45, 2.75) is 57.0 Å². The first kappa shape index (κ1) is 31.2. The minimum absolute atomic E-state index is 0.00642. The number of rotatable bonds is 6. The SMILES string of the molecule is O=C(N[C@H](Cc1cc(Br)c(O)c(Br)c1)C(=O)N1CCC(C2CCNCC2)CC1)N1CCC(n2c(=O)[nH]c3ccccc32)CC1. The third-order valence-electron chi connectivity index (χ3n) is 9.75. The number of para-hydroxylation sites is 2. The predicted octanol–water partition coefficient (Wildman–Crippen LogP) is 4.76. The first-order valence-electron chi connectivity index (χ1n) is 15.7. The van der Waals surface area contributed by atoms with Crippen molar-refractivity contribution in [1.29, 1.82) is 0 Å². The third-order valence-corrected chi connectivity index (χ3v) is 11.0. The molecule has 4 heterocycles. The molecule has 4 N–H and O–H groups in total. The fourth-order valence-electron chi connectivity index (χ4n) is 7.30. The molecule has 0 aliphatic carbocycles. The molecule has 10 nitrogen and oxygen atoms in total. The van der Waals surface area contributed by atoms with Gasteiger partial charge in [0.2, 0.25) is 5.91 Å². The van der Waals surface area contributed by atoms with Crippen LogP contribution >= 0.6 is 31.9 Å². The summed E-state index contributed by atoms with van der Waals surface area (Å²) in [5.74, 6) is 1.39. The molecule has 1 aromatic heterocycles. The summed E-state index contributed by atoms with van der Waals surface area (Å²) < 4.78 is 2.86. The minimum Gasteiger partial charge on any atom is -0.506 e. The number of halogens is 2. The fraction of sp³-hybridized carbons (Fsp3) is 0.531. The van der Waals surface area contributed by atoms with Crippen LogP contribution < -0.4 is 16.3 Å². The van der Waals surface area contributed by atoms with Gasteiger partial charge in [0, 0.05) is 38.6 Å². The number of fused-ring (bicyclic) bond motifs is 1. The summed E-state index contributed by atoms with van der Waals surface area (Å²) in [6, 6.07) is 10.2. The van der Waals surface area contributed by atoms with E-state index in [2.05, 4.69) is 47.5 Å². The van der Waals surface area contributed by atoms with Crippen LogP contribution in [-0.2, 0) is 11.2 Å². The van der Waals surface area contributed by atoms with E-state index in [0.717, 1.165) is 48.4 Å². The van der Waals surface area contributed by atoms with E-state index in [1.54, 1.807) is 17.0 Å². The number of phenols is 1. The van der Waals surface area contributed by atoms with Gasteiger partial charge in [-0.05, 0) is 125 Å². The molecule has 0 radical (unpaired) electrons. The maximum atomic E-state index is 14.0. The Bertz CT molecular complexity index is 1530. The number of likely N-dealkylation sites (tertiary alicyclic amines) is 2. The number of imidazole rings is 1. The highest BCUT2D eigenvalue weighted by Gasteiger charge is 2.34.